The van der Waals surface area contributed by atoms with E-state index >= 15 is 0 Å². The van der Waals surface area contributed by atoms with E-state index < -0.39 is 9.84 Å². The van der Waals surface area contributed by atoms with Crippen molar-refractivity contribution < 1.29 is 17.7 Å². The summed E-state index contributed by atoms with van der Waals surface area (Å²) in [4.78, 5) is 13.8. The lowest BCUT2D eigenvalue weighted by Gasteiger charge is -2.21. The molecule has 1 aromatic heterocycles. The summed E-state index contributed by atoms with van der Waals surface area (Å²) < 4.78 is 28.0. The Morgan fingerprint density at radius 2 is 2.18 bits per heavy atom. The molecule has 0 aromatic carbocycles. The van der Waals surface area contributed by atoms with Crippen LogP contribution >= 0.6 is 0 Å². The highest BCUT2D eigenvalue weighted by Crippen LogP contribution is 2.23. The van der Waals surface area contributed by atoms with Crippen molar-refractivity contribution in [2.45, 2.75) is 38.6 Å². The zero-order chi connectivity index (χ0) is 16.5. The predicted octanol–water partition coefficient (Wildman–Crippen LogP) is 1.03. The highest BCUT2D eigenvalue weighted by molar-refractivity contribution is 7.91. The lowest BCUT2D eigenvalue weighted by molar-refractivity contribution is -0.117. The fourth-order valence-corrected chi connectivity index (χ4v) is 4.15. The molecule has 2 heterocycles. The van der Waals surface area contributed by atoms with Gasteiger partial charge in [0.1, 0.15) is 0 Å². The van der Waals surface area contributed by atoms with Crippen molar-refractivity contribution in [3.63, 3.8) is 0 Å². The zero-order valence-corrected chi connectivity index (χ0v) is 14.2. The van der Waals surface area contributed by atoms with Crippen molar-refractivity contribution >= 4 is 21.6 Å². The monoisotopic (exact) mass is 329 g/mol. The van der Waals surface area contributed by atoms with Crippen LogP contribution in [0, 0.1) is 0 Å². The third-order valence-electron chi connectivity index (χ3n) is 3.77. The first kappa shape index (κ1) is 17.0. The number of hydrogen-bond donors (Lipinski definition) is 1. The summed E-state index contributed by atoms with van der Waals surface area (Å²) in [6.07, 6.45) is 0.572. The summed E-state index contributed by atoms with van der Waals surface area (Å²) in [5.41, 5.74) is 0.611. The first-order valence-corrected chi connectivity index (χ1v) is 9.07. The van der Waals surface area contributed by atoms with Crippen molar-refractivity contribution in [3.05, 3.63) is 11.8 Å². The van der Waals surface area contributed by atoms with E-state index in [1.54, 1.807) is 18.0 Å². The Morgan fingerprint density at radius 1 is 1.50 bits per heavy atom. The first-order chi connectivity index (χ1) is 10.1. The third kappa shape index (κ3) is 4.30. The Bertz CT molecular complexity index is 645. The Balaban J connectivity index is 1.89. The van der Waals surface area contributed by atoms with Crippen LogP contribution in [0.25, 0.3) is 0 Å². The molecule has 1 aliphatic rings. The highest BCUT2D eigenvalue weighted by Gasteiger charge is 2.31. The van der Waals surface area contributed by atoms with Crippen LogP contribution in [0.5, 0.6) is 0 Å². The van der Waals surface area contributed by atoms with Gasteiger partial charge in [0.15, 0.2) is 9.84 Å². The number of nitrogens with one attached hydrogen (secondary N) is 1. The van der Waals surface area contributed by atoms with Gasteiger partial charge in [-0.15, -0.1) is 0 Å². The van der Waals surface area contributed by atoms with Gasteiger partial charge >= 0.3 is 0 Å². The molecular formula is C14H23N3O4S. The molecule has 0 spiro atoms. The zero-order valence-electron chi connectivity index (χ0n) is 13.4. The number of likely N-dealkylation sites (N-methyl/N-ethyl adjacent to an activating group) is 1. The van der Waals surface area contributed by atoms with E-state index in [4.69, 9.17) is 4.52 Å². The van der Waals surface area contributed by atoms with Gasteiger partial charge in [-0.1, -0.05) is 25.9 Å². The van der Waals surface area contributed by atoms with E-state index in [2.05, 4.69) is 10.5 Å². The van der Waals surface area contributed by atoms with E-state index in [1.165, 1.54) is 0 Å². The second kappa shape index (κ2) is 6.00. The van der Waals surface area contributed by atoms with Crippen molar-refractivity contribution in [1.82, 2.24) is 10.1 Å². The molecule has 0 saturated carbocycles. The Morgan fingerprint density at radius 3 is 2.68 bits per heavy atom. The number of nitrogens with zero attached hydrogens (tertiary/aromatic N) is 2. The Kier molecular flexibility index (Phi) is 4.62. The van der Waals surface area contributed by atoms with Gasteiger partial charge in [-0.2, -0.15) is 0 Å². The number of carbonyl (C=O) groups excluding carboxylic acids is 1. The smallest absolute Gasteiger partial charge is 0.240 e. The van der Waals surface area contributed by atoms with Gasteiger partial charge in [0.2, 0.25) is 11.8 Å². The first-order valence-electron chi connectivity index (χ1n) is 7.24. The topological polar surface area (TPSA) is 92.5 Å². The molecule has 1 saturated heterocycles. The van der Waals surface area contributed by atoms with Crippen LogP contribution in [0.2, 0.25) is 0 Å². The predicted molar refractivity (Wildman–Crippen MR) is 83.5 cm³/mol. The molecule has 0 unspecified atom stereocenters. The van der Waals surface area contributed by atoms with Crippen LogP contribution in [-0.2, 0) is 20.0 Å². The Hall–Kier alpha value is -1.41. The SMILES string of the molecule is CN(CC(=O)Nc1cc(C(C)(C)C)no1)[C@@H]1CCS(=O)(=O)C1. The fraction of sp³-hybridized carbons (Fsp3) is 0.714. The van der Waals surface area contributed by atoms with E-state index in [9.17, 15) is 13.2 Å². The van der Waals surface area contributed by atoms with E-state index in [0.29, 0.717) is 12.3 Å². The molecule has 1 atom stereocenters. The summed E-state index contributed by atoms with van der Waals surface area (Å²) in [5, 5.41) is 6.58. The van der Waals surface area contributed by atoms with Crippen LogP contribution in [0.3, 0.4) is 0 Å². The lowest BCUT2D eigenvalue weighted by atomic mass is 9.92. The Labute approximate surface area is 131 Å². The van der Waals surface area contributed by atoms with Gasteiger partial charge in [0.05, 0.1) is 23.7 Å². The molecule has 1 aromatic rings. The number of carbonyl (C=O) groups is 1. The second-order valence-corrected chi connectivity index (χ2v) is 9.08. The number of sulfone groups is 1. The molecule has 1 amide bonds. The van der Waals surface area contributed by atoms with Crippen LogP contribution in [-0.4, -0.2) is 55.5 Å². The average molecular weight is 329 g/mol. The largest absolute Gasteiger partial charge is 0.338 e. The summed E-state index contributed by atoms with van der Waals surface area (Å²) in [6.45, 7) is 6.13. The maximum Gasteiger partial charge on any atom is 0.240 e. The minimum atomic E-state index is -2.95. The summed E-state index contributed by atoms with van der Waals surface area (Å²) >= 11 is 0. The van der Waals surface area contributed by atoms with Gasteiger partial charge in [-0.3, -0.25) is 15.0 Å². The molecule has 0 radical (unpaired) electrons. The minimum absolute atomic E-state index is 0.101. The standard InChI is InChI=1S/C14H23N3O4S/c1-14(2,3)11-7-13(21-16-11)15-12(18)8-17(4)10-5-6-22(19,20)9-10/h7,10H,5-6,8-9H2,1-4H3,(H,15,18)/t10-/m1/s1. The van der Waals surface area contributed by atoms with Crippen LogP contribution < -0.4 is 5.32 Å². The molecule has 1 N–H and O–H groups in total. The fourth-order valence-electron chi connectivity index (χ4n) is 2.34. The van der Waals surface area contributed by atoms with E-state index in [1.807, 2.05) is 20.8 Å². The average Bonchev–Trinajstić information content (AvgIpc) is 2.94. The number of amides is 1. The van der Waals surface area contributed by atoms with Crippen molar-refractivity contribution in [1.29, 1.82) is 0 Å². The maximum absolute atomic E-state index is 12.0. The molecule has 22 heavy (non-hydrogen) atoms. The molecule has 2 rings (SSSR count). The molecule has 124 valence electrons. The van der Waals surface area contributed by atoms with Gasteiger partial charge in [0.25, 0.3) is 0 Å². The van der Waals surface area contributed by atoms with Crippen molar-refractivity contribution in [3.8, 4) is 0 Å². The van der Waals surface area contributed by atoms with Crippen LogP contribution in [0.1, 0.15) is 32.9 Å². The number of aromatic nitrogens is 1. The van der Waals surface area contributed by atoms with Crippen molar-refractivity contribution in [2.75, 3.05) is 30.4 Å². The molecule has 0 aliphatic carbocycles. The summed E-state index contributed by atoms with van der Waals surface area (Å²) in [5.74, 6) is 0.374. The van der Waals surface area contributed by atoms with Crippen LogP contribution in [0.4, 0.5) is 5.88 Å². The summed E-state index contributed by atoms with van der Waals surface area (Å²) in [7, 11) is -1.19. The summed E-state index contributed by atoms with van der Waals surface area (Å²) in [6, 6.07) is 1.60. The quantitative estimate of drug-likeness (QED) is 0.887. The number of hydrogen-bond acceptors (Lipinski definition) is 6. The molecule has 1 fully saturated rings. The maximum atomic E-state index is 12.0. The van der Waals surface area contributed by atoms with Gasteiger partial charge in [-0.05, 0) is 13.5 Å². The number of anilines is 1. The van der Waals surface area contributed by atoms with Crippen LogP contribution in [0.15, 0.2) is 10.6 Å². The van der Waals surface area contributed by atoms with Gasteiger partial charge < -0.3 is 4.52 Å². The third-order valence-corrected chi connectivity index (χ3v) is 5.52. The molecule has 0 bridgehead atoms. The molecule has 8 heteroatoms. The molecule has 1 aliphatic heterocycles. The van der Waals surface area contributed by atoms with E-state index in [-0.39, 0.29) is 35.4 Å². The lowest BCUT2D eigenvalue weighted by Crippen LogP contribution is -2.38. The second-order valence-electron chi connectivity index (χ2n) is 6.85. The van der Waals surface area contributed by atoms with E-state index in [0.717, 1.165) is 5.69 Å². The number of rotatable bonds is 4. The minimum Gasteiger partial charge on any atom is -0.338 e. The highest BCUT2D eigenvalue weighted by atomic mass is 32.2. The van der Waals surface area contributed by atoms with Gasteiger partial charge in [0, 0.05) is 17.5 Å². The molecular weight excluding hydrogens is 306 g/mol. The normalized spacial score (nSPS) is 21.2. The van der Waals surface area contributed by atoms with Gasteiger partial charge in [-0.25, -0.2) is 8.42 Å². The van der Waals surface area contributed by atoms with Crippen molar-refractivity contribution in [2.24, 2.45) is 0 Å². The molecule has 7 nitrogen and oxygen atoms in total.